The van der Waals surface area contributed by atoms with Gasteiger partial charge < -0.3 is 10.6 Å². The van der Waals surface area contributed by atoms with E-state index >= 15 is 0 Å². The molecule has 4 rings (SSSR count). The molecule has 0 bridgehead atoms. The summed E-state index contributed by atoms with van der Waals surface area (Å²) in [5.41, 5.74) is 3.53. The molecule has 0 radical (unpaired) electrons. The van der Waals surface area contributed by atoms with Crippen molar-refractivity contribution in [2.45, 2.75) is 26.9 Å². The minimum atomic E-state index is -0.0595. The van der Waals surface area contributed by atoms with Gasteiger partial charge in [0.2, 0.25) is 0 Å². The highest BCUT2D eigenvalue weighted by Crippen LogP contribution is 2.23. The van der Waals surface area contributed by atoms with E-state index < -0.39 is 0 Å². The molecule has 0 aliphatic carbocycles. The number of nitrogens with one attached hydrogen (secondary N) is 2. The normalized spacial score (nSPS) is 13.6. The summed E-state index contributed by atoms with van der Waals surface area (Å²) in [5, 5.41) is 11.0. The quantitative estimate of drug-likeness (QED) is 0.728. The Morgan fingerprint density at radius 2 is 2.22 bits per heavy atom. The third kappa shape index (κ3) is 3.64. The molecule has 140 valence electrons. The fourth-order valence-corrected chi connectivity index (χ4v) is 3.20. The largest absolute Gasteiger partial charge is 0.352 e. The van der Waals surface area contributed by atoms with E-state index in [2.05, 4.69) is 35.5 Å². The smallest absolute Gasteiger partial charge is 0.251 e. The van der Waals surface area contributed by atoms with Gasteiger partial charge in [-0.15, -0.1) is 0 Å². The number of carbonyl (C=O) groups is 1. The summed E-state index contributed by atoms with van der Waals surface area (Å²) in [6.07, 6.45) is 3.66. The highest BCUT2D eigenvalue weighted by Gasteiger charge is 2.17. The zero-order valence-corrected chi connectivity index (χ0v) is 15.6. The molecule has 1 aliphatic rings. The van der Waals surface area contributed by atoms with E-state index in [4.69, 9.17) is 5.10 Å². The van der Waals surface area contributed by atoms with Crippen molar-refractivity contribution in [2.75, 3.05) is 13.1 Å². The van der Waals surface area contributed by atoms with Crippen molar-refractivity contribution in [1.82, 2.24) is 30.0 Å². The fourth-order valence-electron chi connectivity index (χ4n) is 3.20. The molecular formula is C20H24N6O. The van der Waals surface area contributed by atoms with Crippen molar-refractivity contribution in [1.29, 1.82) is 0 Å². The van der Waals surface area contributed by atoms with E-state index in [-0.39, 0.29) is 5.91 Å². The number of imidazole rings is 1. The first-order chi connectivity index (χ1) is 13.1. The molecule has 3 aromatic rings. The number of amides is 1. The Balaban J connectivity index is 1.64. The molecule has 2 N–H and O–H groups in total. The van der Waals surface area contributed by atoms with Gasteiger partial charge >= 0.3 is 0 Å². The monoisotopic (exact) mass is 364 g/mol. The first kappa shape index (κ1) is 17.5. The van der Waals surface area contributed by atoms with Gasteiger partial charge in [-0.2, -0.15) is 5.10 Å². The van der Waals surface area contributed by atoms with Gasteiger partial charge in [-0.05, 0) is 30.2 Å². The van der Waals surface area contributed by atoms with Crippen LogP contribution in [0.15, 0.2) is 42.7 Å². The summed E-state index contributed by atoms with van der Waals surface area (Å²) >= 11 is 0. The third-order valence-corrected chi connectivity index (χ3v) is 4.60. The third-order valence-electron chi connectivity index (χ3n) is 4.60. The van der Waals surface area contributed by atoms with Gasteiger partial charge in [-0.1, -0.05) is 19.9 Å². The number of carbonyl (C=O) groups excluding carboxylic acids is 1. The highest BCUT2D eigenvalue weighted by molar-refractivity contribution is 5.94. The Morgan fingerprint density at radius 3 is 3.04 bits per heavy atom. The lowest BCUT2D eigenvalue weighted by molar-refractivity contribution is 0.0949. The lowest BCUT2D eigenvalue weighted by Crippen LogP contribution is -2.28. The number of hydrogen-bond acceptors (Lipinski definition) is 4. The Bertz CT molecular complexity index is 932. The number of rotatable bonds is 5. The molecule has 1 aliphatic heterocycles. The first-order valence-corrected chi connectivity index (χ1v) is 9.31. The van der Waals surface area contributed by atoms with Crippen LogP contribution in [0.1, 0.15) is 29.9 Å². The van der Waals surface area contributed by atoms with Crippen molar-refractivity contribution in [3.05, 3.63) is 54.0 Å². The van der Waals surface area contributed by atoms with E-state index in [9.17, 15) is 4.79 Å². The summed E-state index contributed by atoms with van der Waals surface area (Å²) in [7, 11) is 0. The van der Waals surface area contributed by atoms with Crippen molar-refractivity contribution in [3.8, 4) is 17.2 Å². The van der Waals surface area contributed by atoms with Gasteiger partial charge in [0.15, 0.2) is 5.82 Å². The summed E-state index contributed by atoms with van der Waals surface area (Å²) in [6, 6.07) is 9.66. The van der Waals surface area contributed by atoms with Gasteiger partial charge in [-0.3, -0.25) is 14.0 Å². The second kappa shape index (κ2) is 7.36. The van der Waals surface area contributed by atoms with Crippen LogP contribution < -0.4 is 10.6 Å². The maximum Gasteiger partial charge on any atom is 0.251 e. The Hall–Kier alpha value is -2.93. The standard InChI is InChI=1S/C20H24N6O/c1-14(2)12-23-20(27)15-4-3-5-16(10-15)25-8-7-22-19(25)18-11-17-13-21-6-9-26(17)24-18/h3-5,7-8,10-11,14,21H,6,9,12-13H2,1-2H3,(H,23,27). The maximum atomic E-state index is 12.4. The molecule has 0 saturated heterocycles. The van der Waals surface area contributed by atoms with Crippen LogP contribution in [0.3, 0.4) is 0 Å². The Kier molecular flexibility index (Phi) is 4.77. The highest BCUT2D eigenvalue weighted by atomic mass is 16.1. The van der Waals surface area contributed by atoms with Crippen LogP contribution >= 0.6 is 0 Å². The van der Waals surface area contributed by atoms with Crippen LogP contribution in [0.5, 0.6) is 0 Å². The molecule has 0 atom stereocenters. The van der Waals surface area contributed by atoms with Crippen molar-refractivity contribution >= 4 is 5.91 Å². The van der Waals surface area contributed by atoms with Gasteiger partial charge in [0.1, 0.15) is 5.69 Å². The van der Waals surface area contributed by atoms with Crippen molar-refractivity contribution in [3.63, 3.8) is 0 Å². The molecule has 1 amide bonds. The van der Waals surface area contributed by atoms with Crippen LogP contribution in [0.2, 0.25) is 0 Å². The zero-order valence-electron chi connectivity index (χ0n) is 15.6. The fraction of sp³-hybridized carbons (Fsp3) is 0.350. The molecule has 2 aromatic heterocycles. The number of aromatic nitrogens is 4. The van der Waals surface area contributed by atoms with E-state index in [1.165, 1.54) is 0 Å². The van der Waals surface area contributed by atoms with Crippen molar-refractivity contribution < 1.29 is 4.79 Å². The van der Waals surface area contributed by atoms with E-state index in [1.54, 1.807) is 6.20 Å². The zero-order chi connectivity index (χ0) is 18.8. The molecule has 0 saturated carbocycles. The SMILES string of the molecule is CC(C)CNC(=O)c1cccc(-n2ccnc2-c2cc3n(n2)CCNC3)c1. The summed E-state index contributed by atoms with van der Waals surface area (Å²) < 4.78 is 4.00. The maximum absolute atomic E-state index is 12.4. The molecule has 7 heteroatoms. The first-order valence-electron chi connectivity index (χ1n) is 9.31. The average molecular weight is 364 g/mol. The topological polar surface area (TPSA) is 76.8 Å². The van der Waals surface area contributed by atoms with E-state index in [0.29, 0.717) is 18.0 Å². The summed E-state index contributed by atoms with van der Waals surface area (Å²) in [5.74, 6) is 1.13. The molecule has 0 unspecified atom stereocenters. The van der Waals surface area contributed by atoms with Gasteiger partial charge in [0, 0.05) is 43.3 Å². The Labute approximate surface area is 158 Å². The number of benzene rings is 1. The van der Waals surface area contributed by atoms with Gasteiger partial charge in [-0.25, -0.2) is 4.98 Å². The molecule has 0 fully saturated rings. The summed E-state index contributed by atoms with van der Waals surface area (Å²) in [6.45, 7) is 7.42. The lowest BCUT2D eigenvalue weighted by Gasteiger charge is -2.13. The molecular weight excluding hydrogens is 340 g/mol. The minimum absolute atomic E-state index is 0.0595. The molecule has 1 aromatic carbocycles. The number of hydrogen-bond donors (Lipinski definition) is 2. The summed E-state index contributed by atoms with van der Waals surface area (Å²) in [4.78, 5) is 16.9. The molecule has 0 spiro atoms. The van der Waals surface area contributed by atoms with Crippen LogP contribution in [0, 0.1) is 5.92 Å². The minimum Gasteiger partial charge on any atom is -0.352 e. The van der Waals surface area contributed by atoms with Crippen molar-refractivity contribution in [2.24, 2.45) is 5.92 Å². The molecule has 27 heavy (non-hydrogen) atoms. The second-order valence-corrected chi connectivity index (χ2v) is 7.20. The van der Waals surface area contributed by atoms with Gasteiger partial charge in [0.05, 0.1) is 12.2 Å². The van der Waals surface area contributed by atoms with E-state index in [0.717, 1.165) is 42.5 Å². The molecule has 3 heterocycles. The predicted octanol–water partition coefficient (Wildman–Crippen LogP) is 2.22. The Morgan fingerprint density at radius 1 is 1.33 bits per heavy atom. The predicted molar refractivity (Wildman–Crippen MR) is 104 cm³/mol. The van der Waals surface area contributed by atoms with Crippen LogP contribution in [-0.2, 0) is 13.1 Å². The second-order valence-electron chi connectivity index (χ2n) is 7.20. The van der Waals surface area contributed by atoms with E-state index in [1.807, 2.05) is 39.7 Å². The number of nitrogens with zero attached hydrogens (tertiary/aromatic N) is 4. The molecule has 7 nitrogen and oxygen atoms in total. The van der Waals surface area contributed by atoms with Crippen LogP contribution in [0.25, 0.3) is 17.2 Å². The number of fused-ring (bicyclic) bond motifs is 1. The lowest BCUT2D eigenvalue weighted by atomic mass is 10.1. The van der Waals surface area contributed by atoms with Crippen LogP contribution in [0.4, 0.5) is 0 Å². The average Bonchev–Trinajstić information content (AvgIpc) is 3.32. The van der Waals surface area contributed by atoms with Gasteiger partial charge in [0.25, 0.3) is 5.91 Å². The van der Waals surface area contributed by atoms with Crippen LogP contribution in [-0.4, -0.2) is 38.3 Å².